The van der Waals surface area contributed by atoms with Gasteiger partial charge in [0.15, 0.2) is 0 Å². The van der Waals surface area contributed by atoms with Crippen molar-refractivity contribution in [3.8, 4) is 0 Å². The molecule has 0 aromatic carbocycles. The maximum Gasteiger partial charge on any atom is 0.238 e. The van der Waals surface area contributed by atoms with Crippen molar-refractivity contribution in [2.75, 3.05) is 27.2 Å². The summed E-state index contributed by atoms with van der Waals surface area (Å²) in [5, 5.41) is 2.59. The van der Waals surface area contributed by atoms with E-state index in [0.717, 1.165) is 32.4 Å². The molecular weight excluding hydrogens is 404 g/mol. The third-order valence-corrected chi connectivity index (χ3v) is 6.59. The number of hydrogen-bond acceptors (Lipinski definition) is 2. The Hall–Kier alpha value is -0.280. The quantitative estimate of drug-likeness (QED) is 0.117. The predicted octanol–water partition coefficient (Wildman–Crippen LogP) is 8.09. The lowest BCUT2D eigenvalue weighted by Gasteiger charge is -2.12. The van der Waals surface area contributed by atoms with E-state index in [2.05, 4.69) is 17.1 Å². The number of halogens is 1. The van der Waals surface area contributed by atoms with Gasteiger partial charge in [-0.2, -0.15) is 0 Å². The van der Waals surface area contributed by atoms with Gasteiger partial charge < -0.3 is 10.2 Å². The Balaban J connectivity index is 3.23. The number of hydrogen-bond donors (Lipinski definition) is 1. The standard InChI is InChI=1S/C27H55ClN2O/c1-4-5-6-7-8-9-10-11-12-13-14-15-16-17-18-19-20-21-23-26(28)27(31)29-24-22-25-30(2)3/h26H,4-25H2,1-3H3,(H,29,31). The molecule has 4 heteroatoms. The molecule has 0 fully saturated rings. The van der Waals surface area contributed by atoms with Crippen LogP contribution in [0.2, 0.25) is 0 Å². The van der Waals surface area contributed by atoms with Crippen LogP contribution in [0.15, 0.2) is 0 Å². The van der Waals surface area contributed by atoms with E-state index >= 15 is 0 Å². The van der Waals surface area contributed by atoms with Crippen molar-refractivity contribution in [2.24, 2.45) is 0 Å². The lowest BCUT2D eigenvalue weighted by molar-refractivity contribution is -0.120. The van der Waals surface area contributed by atoms with Gasteiger partial charge in [-0.15, -0.1) is 11.6 Å². The van der Waals surface area contributed by atoms with Crippen LogP contribution >= 0.6 is 11.6 Å². The maximum atomic E-state index is 11.9. The molecule has 0 heterocycles. The van der Waals surface area contributed by atoms with Crippen molar-refractivity contribution >= 4 is 17.5 Å². The SMILES string of the molecule is CCCCCCCCCCCCCCCCCCCCC(Cl)C(=O)NCCCN(C)C. The van der Waals surface area contributed by atoms with Gasteiger partial charge in [-0.1, -0.05) is 122 Å². The summed E-state index contributed by atoms with van der Waals surface area (Å²) in [6.45, 7) is 4.00. The lowest BCUT2D eigenvalue weighted by Crippen LogP contribution is -2.33. The number of alkyl halides is 1. The summed E-state index contributed by atoms with van der Waals surface area (Å²) in [4.78, 5) is 14.1. The molecule has 1 atom stereocenters. The Morgan fingerprint density at radius 3 is 1.45 bits per heavy atom. The molecule has 0 aliphatic rings. The van der Waals surface area contributed by atoms with E-state index in [9.17, 15) is 4.79 Å². The van der Waals surface area contributed by atoms with Crippen LogP contribution in [0.3, 0.4) is 0 Å². The Bertz CT molecular complexity index is 376. The number of carbonyl (C=O) groups is 1. The molecule has 31 heavy (non-hydrogen) atoms. The average molecular weight is 459 g/mol. The van der Waals surface area contributed by atoms with Gasteiger partial charge in [0.1, 0.15) is 5.38 Å². The molecule has 0 spiro atoms. The minimum Gasteiger partial charge on any atom is -0.355 e. The van der Waals surface area contributed by atoms with Crippen LogP contribution in [-0.4, -0.2) is 43.4 Å². The maximum absolute atomic E-state index is 11.9. The molecule has 1 amide bonds. The number of amides is 1. The molecule has 0 aromatic heterocycles. The fraction of sp³-hybridized carbons (Fsp3) is 0.963. The Morgan fingerprint density at radius 1 is 0.677 bits per heavy atom. The number of nitrogens with zero attached hydrogens (tertiary/aromatic N) is 1. The van der Waals surface area contributed by atoms with Crippen LogP contribution in [0.5, 0.6) is 0 Å². The first kappa shape index (κ1) is 30.7. The molecule has 1 unspecified atom stereocenters. The molecule has 0 aliphatic carbocycles. The summed E-state index contributed by atoms with van der Waals surface area (Å²) < 4.78 is 0. The van der Waals surface area contributed by atoms with E-state index in [1.165, 1.54) is 109 Å². The number of nitrogens with one attached hydrogen (secondary N) is 1. The zero-order valence-corrected chi connectivity index (χ0v) is 22.1. The topological polar surface area (TPSA) is 32.3 Å². The molecule has 0 bridgehead atoms. The largest absolute Gasteiger partial charge is 0.355 e. The zero-order valence-electron chi connectivity index (χ0n) is 21.4. The minimum atomic E-state index is -0.361. The first-order chi connectivity index (χ1) is 15.1. The van der Waals surface area contributed by atoms with Gasteiger partial charge in [-0.05, 0) is 33.5 Å². The third kappa shape index (κ3) is 24.2. The van der Waals surface area contributed by atoms with Crippen LogP contribution in [0.4, 0.5) is 0 Å². The Morgan fingerprint density at radius 2 is 1.06 bits per heavy atom. The van der Waals surface area contributed by atoms with Crippen molar-refractivity contribution < 1.29 is 4.79 Å². The fourth-order valence-electron chi connectivity index (χ4n) is 4.07. The second-order valence-electron chi connectivity index (χ2n) is 9.71. The molecule has 0 saturated carbocycles. The third-order valence-electron chi connectivity index (χ3n) is 6.18. The summed E-state index contributed by atoms with van der Waals surface area (Å²) in [6.07, 6.45) is 26.6. The second-order valence-corrected chi connectivity index (χ2v) is 10.2. The van der Waals surface area contributed by atoms with Crippen molar-refractivity contribution in [3.05, 3.63) is 0 Å². The molecule has 0 saturated heterocycles. The van der Waals surface area contributed by atoms with E-state index in [1.807, 2.05) is 14.1 Å². The first-order valence-corrected chi connectivity index (χ1v) is 14.1. The van der Waals surface area contributed by atoms with E-state index in [0.29, 0.717) is 0 Å². The Kier molecular flexibility index (Phi) is 24.1. The van der Waals surface area contributed by atoms with E-state index in [4.69, 9.17) is 11.6 Å². The lowest BCUT2D eigenvalue weighted by atomic mass is 10.0. The number of rotatable bonds is 24. The first-order valence-electron chi connectivity index (χ1n) is 13.6. The van der Waals surface area contributed by atoms with Crippen molar-refractivity contribution in [2.45, 2.75) is 141 Å². The van der Waals surface area contributed by atoms with E-state index < -0.39 is 0 Å². The van der Waals surface area contributed by atoms with E-state index in [1.54, 1.807) is 0 Å². The van der Waals surface area contributed by atoms with Gasteiger partial charge in [0.05, 0.1) is 0 Å². The van der Waals surface area contributed by atoms with Gasteiger partial charge in [0.2, 0.25) is 5.91 Å². The molecule has 0 radical (unpaired) electrons. The molecule has 1 N–H and O–H groups in total. The van der Waals surface area contributed by atoms with Gasteiger partial charge >= 0.3 is 0 Å². The fourth-order valence-corrected chi connectivity index (χ4v) is 4.31. The molecule has 0 aromatic rings. The Labute approximate surface area is 200 Å². The summed E-state index contributed by atoms with van der Waals surface area (Å²) in [6, 6.07) is 0. The monoisotopic (exact) mass is 458 g/mol. The average Bonchev–Trinajstić information content (AvgIpc) is 2.75. The highest BCUT2D eigenvalue weighted by molar-refractivity contribution is 6.30. The van der Waals surface area contributed by atoms with Crippen LogP contribution in [0, 0.1) is 0 Å². The van der Waals surface area contributed by atoms with Crippen LogP contribution in [0.25, 0.3) is 0 Å². The highest BCUT2D eigenvalue weighted by atomic mass is 35.5. The highest BCUT2D eigenvalue weighted by Crippen LogP contribution is 2.15. The van der Waals surface area contributed by atoms with Crippen molar-refractivity contribution in [1.82, 2.24) is 10.2 Å². The van der Waals surface area contributed by atoms with Crippen LogP contribution in [0.1, 0.15) is 135 Å². The minimum absolute atomic E-state index is 0.00685. The summed E-state index contributed by atoms with van der Waals surface area (Å²) in [5.41, 5.74) is 0. The van der Waals surface area contributed by atoms with Crippen molar-refractivity contribution in [1.29, 1.82) is 0 Å². The molecule has 0 aliphatic heterocycles. The molecule has 3 nitrogen and oxygen atoms in total. The summed E-state index contributed by atoms with van der Waals surface area (Å²) >= 11 is 6.23. The number of carbonyl (C=O) groups excluding carboxylic acids is 1. The normalized spacial score (nSPS) is 12.4. The van der Waals surface area contributed by atoms with Gasteiger partial charge in [0.25, 0.3) is 0 Å². The smallest absolute Gasteiger partial charge is 0.238 e. The second kappa shape index (κ2) is 24.4. The summed E-state index contributed by atoms with van der Waals surface area (Å²) in [5.74, 6) is 0.00685. The van der Waals surface area contributed by atoms with Crippen LogP contribution < -0.4 is 5.32 Å². The highest BCUT2D eigenvalue weighted by Gasteiger charge is 2.13. The van der Waals surface area contributed by atoms with Gasteiger partial charge in [0, 0.05) is 6.54 Å². The molecule has 186 valence electrons. The van der Waals surface area contributed by atoms with Crippen molar-refractivity contribution in [3.63, 3.8) is 0 Å². The van der Waals surface area contributed by atoms with Gasteiger partial charge in [-0.25, -0.2) is 0 Å². The number of unbranched alkanes of at least 4 members (excludes halogenated alkanes) is 17. The van der Waals surface area contributed by atoms with Gasteiger partial charge in [-0.3, -0.25) is 4.79 Å². The zero-order chi connectivity index (χ0) is 23.0. The molecule has 0 rings (SSSR count). The molecular formula is C27H55ClN2O. The van der Waals surface area contributed by atoms with E-state index in [-0.39, 0.29) is 11.3 Å². The van der Waals surface area contributed by atoms with Crippen LogP contribution in [-0.2, 0) is 4.79 Å². The predicted molar refractivity (Wildman–Crippen MR) is 139 cm³/mol. The summed E-state index contributed by atoms with van der Waals surface area (Å²) in [7, 11) is 4.09.